The van der Waals surface area contributed by atoms with Gasteiger partial charge in [0.25, 0.3) is 0 Å². The molecule has 0 saturated heterocycles. The number of carbonyl (C=O) groups is 1. The van der Waals surface area contributed by atoms with Gasteiger partial charge in [-0.2, -0.15) is 11.3 Å². The Bertz CT molecular complexity index is 606. The minimum Gasteiger partial charge on any atom is -0.497 e. The van der Waals surface area contributed by atoms with E-state index in [1.165, 1.54) is 5.56 Å². The van der Waals surface area contributed by atoms with Gasteiger partial charge in [0, 0.05) is 19.1 Å². The van der Waals surface area contributed by atoms with Crippen LogP contribution in [0.4, 0.5) is 4.79 Å². The molecule has 0 unspecified atom stereocenters. The van der Waals surface area contributed by atoms with E-state index in [-0.39, 0.29) is 6.03 Å². The Balaban J connectivity index is 1.56. The highest BCUT2D eigenvalue weighted by atomic mass is 32.1. The van der Waals surface area contributed by atoms with Crippen LogP contribution in [0.25, 0.3) is 0 Å². The van der Waals surface area contributed by atoms with Crippen LogP contribution < -0.4 is 10.1 Å². The number of nitrogens with one attached hydrogen (secondary N) is 1. The first kappa shape index (κ1) is 14.9. The van der Waals surface area contributed by atoms with Crippen molar-refractivity contribution in [3.8, 4) is 5.75 Å². The molecule has 4 nitrogen and oxygen atoms in total. The molecular formula is C17H20N2O2S. The minimum atomic E-state index is 0.0181. The van der Waals surface area contributed by atoms with E-state index in [9.17, 15) is 4.79 Å². The van der Waals surface area contributed by atoms with Gasteiger partial charge in [0.2, 0.25) is 0 Å². The van der Waals surface area contributed by atoms with Crippen molar-refractivity contribution in [1.29, 1.82) is 0 Å². The average Bonchev–Trinajstić information content (AvgIpc) is 3.27. The quantitative estimate of drug-likeness (QED) is 0.884. The number of urea groups is 1. The predicted molar refractivity (Wildman–Crippen MR) is 88.1 cm³/mol. The summed E-state index contributed by atoms with van der Waals surface area (Å²) in [7, 11) is 1.65. The maximum Gasteiger partial charge on any atom is 0.318 e. The summed E-state index contributed by atoms with van der Waals surface area (Å²) in [4.78, 5) is 14.4. The molecule has 1 aromatic carbocycles. The second-order valence-corrected chi connectivity index (χ2v) is 6.28. The highest BCUT2D eigenvalue weighted by molar-refractivity contribution is 7.07. The van der Waals surface area contributed by atoms with Gasteiger partial charge >= 0.3 is 6.03 Å². The summed E-state index contributed by atoms with van der Waals surface area (Å²) < 4.78 is 5.14. The van der Waals surface area contributed by atoms with E-state index in [4.69, 9.17) is 4.74 Å². The van der Waals surface area contributed by atoms with E-state index in [1.54, 1.807) is 18.4 Å². The Morgan fingerprint density at radius 3 is 2.64 bits per heavy atom. The number of carbonyl (C=O) groups excluding carboxylic acids is 1. The van der Waals surface area contributed by atoms with Crippen LogP contribution in [0.2, 0.25) is 0 Å². The fourth-order valence-corrected chi connectivity index (χ4v) is 3.01. The van der Waals surface area contributed by atoms with E-state index in [2.05, 4.69) is 22.1 Å². The minimum absolute atomic E-state index is 0.0181. The fraction of sp³-hybridized carbons (Fsp3) is 0.353. The summed E-state index contributed by atoms with van der Waals surface area (Å²) in [6, 6.07) is 10.3. The molecule has 1 aliphatic rings. The molecule has 0 radical (unpaired) electrons. The first-order valence-electron chi connectivity index (χ1n) is 7.45. The van der Waals surface area contributed by atoms with Crippen LogP contribution in [-0.4, -0.2) is 24.1 Å². The Morgan fingerprint density at radius 1 is 1.27 bits per heavy atom. The fourth-order valence-electron chi connectivity index (χ4n) is 2.35. The molecule has 5 heteroatoms. The van der Waals surface area contributed by atoms with Gasteiger partial charge in [-0.25, -0.2) is 4.79 Å². The molecule has 2 aromatic rings. The zero-order valence-corrected chi connectivity index (χ0v) is 13.4. The van der Waals surface area contributed by atoms with Crippen molar-refractivity contribution in [2.75, 3.05) is 7.11 Å². The van der Waals surface area contributed by atoms with Gasteiger partial charge in [0.15, 0.2) is 0 Å². The normalized spacial score (nSPS) is 13.7. The Labute approximate surface area is 134 Å². The summed E-state index contributed by atoms with van der Waals surface area (Å²) >= 11 is 1.67. The lowest BCUT2D eigenvalue weighted by Gasteiger charge is -2.22. The van der Waals surface area contributed by atoms with Crippen molar-refractivity contribution < 1.29 is 9.53 Å². The second-order valence-electron chi connectivity index (χ2n) is 5.50. The Kier molecular flexibility index (Phi) is 4.63. The van der Waals surface area contributed by atoms with E-state index >= 15 is 0 Å². The molecule has 1 heterocycles. The molecule has 1 fully saturated rings. The molecule has 3 rings (SSSR count). The second kappa shape index (κ2) is 6.83. The monoisotopic (exact) mass is 316 g/mol. The Morgan fingerprint density at radius 2 is 2.05 bits per heavy atom. The number of nitrogens with zero attached hydrogens (tertiary/aromatic N) is 1. The molecule has 0 spiro atoms. The lowest BCUT2D eigenvalue weighted by molar-refractivity contribution is 0.191. The number of methoxy groups -OCH3 is 1. The molecule has 1 aliphatic carbocycles. The van der Waals surface area contributed by atoms with Crippen molar-refractivity contribution in [2.45, 2.75) is 32.0 Å². The molecule has 116 valence electrons. The summed E-state index contributed by atoms with van der Waals surface area (Å²) in [6.45, 7) is 1.23. The zero-order valence-electron chi connectivity index (χ0n) is 12.6. The number of amides is 2. The summed E-state index contributed by atoms with van der Waals surface area (Å²) in [5.41, 5.74) is 2.27. The van der Waals surface area contributed by atoms with Gasteiger partial charge in [0.05, 0.1) is 7.11 Å². The van der Waals surface area contributed by atoms with Crippen LogP contribution in [0.5, 0.6) is 5.75 Å². The maximum absolute atomic E-state index is 12.4. The topological polar surface area (TPSA) is 41.6 Å². The van der Waals surface area contributed by atoms with Crippen molar-refractivity contribution in [1.82, 2.24) is 10.2 Å². The first-order valence-corrected chi connectivity index (χ1v) is 8.39. The highest BCUT2D eigenvalue weighted by Crippen LogP contribution is 2.28. The van der Waals surface area contributed by atoms with Gasteiger partial charge in [-0.15, -0.1) is 0 Å². The first-order chi connectivity index (χ1) is 10.8. The number of benzene rings is 1. The lowest BCUT2D eigenvalue weighted by atomic mass is 10.2. The third-order valence-corrected chi connectivity index (χ3v) is 4.52. The van der Waals surface area contributed by atoms with Crippen molar-refractivity contribution in [3.63, 3.8) is 0 Å². The zero-order chi connectivity index (χ0) is 15.4. The van der Waals surface area contributed by atoms with Crippen LogP contribution in [0.1, 0.15) is 24.0 Å². The Hall–Kier alpha value is -2.01. The molecule has 0 bridgehead atoms. The van der Waals surface area contributed by atoms with Crippen LogP contribution in [-0.2, 0) is 13.1 Å². The summed E-state index contributed by atoms with van der Waals surface area (Å²) in [5, 5.41) is 7.17. The molecule has 22 heavy (non-hydrogen) atoms. The molecule has 1 N–H and O–H groups in total. The smallest absolute Gasteiger partial charge is 0.318 e. The standard InChI is InChI=1S/C17H20N2O2S/c1-21-16-6-2-13(3-7-16)10-18-17(20)19(15-4-5-15)11-14-8-9-22-12-14/h2-3,6-9,12,15H,4-5,10-11H2,1H3,(H,18,20). The number of rotatable bonds is 6. The van der Waals surface area contributed by atoms with Crippen LogP contribution in [0, 0.1) is 0 Å². The average molecular weight is 316 g/mol. The van der Waals surface area contributed by atoms with Crippen molar-refractivity contribution >= 4 is 17.4 Å². The largest absolute Gasteiger partial charge is 0.497 e. The SMILES string of the molecule is COc1ccc(CNC(=O)N(Cc2ccsc2)C2CC2)cc1. The van der Waals surface area contributed by atoms with E-state index in [1.807, 2.05) is 29.2 Å². The van der Waals surface area contributed by atoms with Crippen LogP contribution >= 0.6 is 11.3 Å². The van der Waals surface area contributed by atoms with Gasteiger partial charge in [-0.1, -0.05) is 12.1 Å². The van der Waals surface area contributed by atoms with Gasteiger partial charge in [-0.3, -0.25) is 0 Å². The third kappa shape index (κ3) is 3.80. The van der Waals surface area contributed by atoms with Crippen LogP contribution in [0.15, 0.2) is 41.1 Å². The molecule has 0 aliphatic heterocycles. The highest BCUT2D eigenvalue weighted by Gasteiger charge is 2.32. The maximum atomic E-state index is 12.4. The number of hydrogen-bond donors (Lipinski definition) is 1. The van der Waals surface area contributed by atoms with E-state index < -0.39 is 0 Å². The summed E-state index contributed by atoms with van der Waals surface area (Å²) in [5.74, 6) is 0.826. The molecule has 2 amide bonds. The van der Waals surface area contributed by atoms with Crippen LogP contribution in [0.3, 0.4) is 0 Å². The van der Waals surface area contributed by atoms with E-state index in [0.29, 0.717) is 19.1 Å². The number of hydrogen-bond acceptors (Lipinski definition) is 3. The number of ether oxygens (including phenoxy) is 1. The molecule has 1 aromatic heterocycles. The molecule has 1 saturated carbocycles. The molecular weight excluding hydrogens is 296 g/mol. The third-order valence-electron chi connectivity index (χ3n) is 3.78. The van der Waals surface area contributed by atoms with E-state index in [0.717, 1.165) is 24.2 Å². The predicted octanol–water partition coefficient (Wildman–Crippen LogP) is 3.63. The van der Waals surface area contributed by atoms with Gasteiger partial charge in [0.1, 0.15) is 5.75 Å². The lowest BCUT2D eigenvalue weighted by Crippen LogP contribution is -2.40. The van der Waals surface area contributed by atoms with Crippen molar-refractivity contribution in [2.24, 2.45) is 0 Å². The van der Waals surface area contributed by atoms with Gasteiger partial charge in [-0.05, 0) is 52.9 Å². The van der Waals surface area contributed by atoms with Crippen molar-refractivity contribution in [3.05, 3.63) is 52.2 Å². The van der Waals surface area contributed by atoms with Gasteiger partial charge < -0.3 is 15.0 Å². The molecule has 0 atom stereocenters. The summed E-state index contributed by atoms with van der Waals surface area (Å²) in [6.07, 6.45) is 2.22. The number of thiophene rings is 1.